The van der Waals surface area contributed by atoms with Crippen LogP contribution >= 0.6 is 34.5 Å². The maximum absolute atomic E-state index is 13.2. The predicted molar refractivity (Wildman–Crippen MR) is 75.3 cm³/mol. The van der Waals surface area contributed by atoms with Crippen molar-refractivity contribution in [1.82, 2.24) is 4.98 Å². The van der Waals surface area contributed by atoms with Gasteiger partial charge in [0, 0.05) is 10.6 Å². The zero-order chi connectivity index (χ0) is 13.3. The molecule has 0 radical (unpaired) electrons. The van der Waals surface area contributed by atoms with Gasteiger partial charge in [-0.1, -0.05) is 23.2 Å². The number of hydrogen-bond acceptors (Lipinski definition) is 3. The Labute approximate surface area is 119 Å². The minimum absolute atomic E-state index is 0.0159. The van der Waals surface area contributed by atoms with Crippen LogP contribution in [-0.2, 0) is 6.54 Å². The van der Waals surface area contributed by atoms with Crippen LogP contribution in [0.1, 0.15) is 15.6 Å². The van der Waals surface area contributed by atoms with E-state index in [-0.39, 0.29) is 10.0 Å². The third kappa shape index (κ3) is 2.94. The summed E-state index contributed by atoms with van der Waals surface area (Å²) in [5, 5.41) is 4.22. The molecule has 1 aromatic heterocycles. The highest BCUT2D eigenvalue weighted by Gasteiger charge is 2.09. The predicted octanol–water partition coefficient (Wildman–Crippen LogP) is 4.82. The summed E-state index contributed by atoms with van der Waals surface area (Å²) in [6.45, 7) is 4.55. The van der Waals surface area contributed by atoms with Crippen molar-refractivity contribution in [3.8, 4) is 0 Å². The summed E-state index contributed by atoms with van der Waals surface area (Å²) in [6.07, 6.45) is 0. The van der Waals surface area contributed by atoms with E-state index in [1.165, 1.54) is 12.1 Å². The molecule has 0 unspecified atom stereocenters. The van der Waals surface area contributed by atoms with Gasteiger partial charge in [-0.2, -0.15) is 0 Å². The lowest BCUT2D eigenvalue weighted by Gasteiger charge is -2.07. The Kier molecular flexibility index (Phi) is 4.10. The molecule has 0 aliphatic carbocycles. The fraction of sp³-hybridized carbons (Fsp3) is 0.250. The number of halogens is 3. The number of rotatable bonds is 3. The highest BCUT2D eigenvalue weighted by molar-refractivity contribution is 7.11. The number of thiazole rings is 1. The molecule has 0 aliphatic heterocycles. The van der Waals surface area contributed by atoms with Crippen LogP contribution in [0.4, 0.5) is 10.1 Å². The normalized spacial score (nSPS) is 10.7. The minimum Gasteiger partial charge on any atom is -0.380 e. The van der Waals surface area contributed by atoms with Crippen LogP contribution in [0, 0.1) is 19.7 Å². The second-order valence-electron chi connectivity index (χ2n) is 3.85. The molecule has 2 rings (SSSR count). The maximum Gasteiger partial charge on any atom is 0.160 e. The zero-order valence-corrected chi connectivity index (χ0v) is 12.2. The Balaban J connectivity index is 2.13. The number of nitrogens with one attached hydrogen (secondary N) is 1. The number of aromatic nitrogens is 1. The summed E-state index contributed by atoms with van der Waals surface area (Å²) in [7, 11) is 0. The molecule has 0 atom stereocenters. The largest absolute Gasteiger partial charge is 0.380 e. The molecule has 0 bridgehead atoms. The van der Waals surface area contributed by atoms with E-state index in [0.717, 1.165) is 15.6 Å². The van der Waals surface area contributed by atoms with E-state index in [1.807, 2.05) is 13.8 Å². The first-order valence-electron chi connectivity index (χ1n) is 5.28. The highest BCUT2D eigenvalue weighted by atomic mass is 35.5. The van der Waals surface area contributed by atoms with Gasteiger partial charge in [0.1, 0.15) is 0 Å². The lowest BCUT2D eigenvalue weighted by atomic mass is 10.3. The first-order chi connectivity index (χ1) is 8.47. The Bertz CT molecular complexity index is 560. The number of hydrogen-bond donors (Lipinski definition) is 1. The van der Waals surface area contributed by atoms with Gasteiger partial charge in [-0.15, -0.1) is 11.3 Å². The van der Waals surface area contributed by atoms with Gasteiger partial charge in [0.2, 0.25) is 0 Å². The zero-order valence-electron chi connectivity index (χ0n) is 9.85. The molecule has 0 spiro atoms. The fourth-order valence-electron chi connectivity index (χ4n) is 1.58. The summed E-state index contributed by atoms with van der Waals surface area (Å²) in [5.41, 5.74) is 1.70. The van der Waals surface area contributed by atoms with Crippen LogP contribution in [0.25, 0.3) is 0 Å². The van der Waals surface area contributed by atoms with Crippen LogP contribution in [0.3, 0.4) is 0 Å². The number of aryl methyl sites for hydroxylation is 2. The molecular weight excluding hydrogens is 294 g/mol. The molecular formula is C12H11Cl2FN2S. The number of nitrogens with zero attached hydrogens (tertiary/aromatic N) is 1. The summed E-state index contributed by atoms with van der Waals surface area (Å²) < 4.78 is 13.2. The molecule has 0 saturated carbocycles. The lowest BCUT2D eigenvalue weighted by Crippen LogP contribution is -1.99. The van der Waals surface area contributed by atoms with Gasteiger partial charge in [0.15, 0.2) is 5.82 Å². The minimum atomic E-state index is -0.589. The topological polar surface area (TPSA) is 24.9 Å². The molecule has 1 N–H and O–H groups in total. The molecule has 2 nitrogen and oxygen atoms in total. The molecule has 0 fully saturated rings. The Hall–Kier alpha value is -0.840. The van der Waals surface area contributed by atoms with E-state index in [0.29, 0.717) is 12.2 Å². The molecule has 0 amide bonds. The van der Waals surface area contributed by atoms with Crippen molar-refractivity contribution in [2.75, 3.05) is 5.32 Å². The van der Waals surface area contributed by atoms with Gasteiger partial charge in [0.05, 0.1) is 27.3 Å². The average Bonchev–Trinajstić information content (AvgIpc) is 2.62. The van der Waals surface area contributed by atoms with Crippen molar-refractivity contribution in [3.63, 3.8) is 0 Å². The van der Waals surface area contributed by atoms with Crippen molar-refractivity contribution >= 4 is 40.2 Å². The van der Waals surface area contributed by atoms with E-state index in [2.05, 4.69) is 10.3 Å². The molecule has 1 aromatic carbocycles. The molecule has 18 heavy (non-hydrogen) atoms. The third-order valence-electron chi connectivity index (χ3n) is 2.44. The second-order valence-corrected chi connectivity index (χ2v) is 5.95. The van der Waals surface area contributed by atoms with Crippen molar-refractivity contribution < 1.29 is 4.39 Å². The molecule has 1 heterocycles. The highest BCUT2D eigenvalue weighted by Crippen LogP contribution is 2.28. The monoisotopic (exact) mass is 304 g/mol. The summed E-state index contributed by atoms with van der Waals surface area (Å²) in [4.78, 5) is 5.48. The van der Waals surface area contributed by atoms with Crippen molar-refractivity contribution in [2.45, 2.75) is 20.4 Å². The van der Waals surface area contributed by atoms with Gasteiger partial charge in [0.25, 0.3) is 0 Å². The third-order valence-corrected chi connectivity index (χ3v) is 4.06. The lowest BCUT2D eigenvalue weighted by molar-refractivity contribution is 0.629. The first kappa shape index (κ1) is 13.6. The standard InChI is InChI=1S/C12H11Cl2FN2S/c1-6-11(18-7(2)17-6)5-16-8-3-9(13)12(15)10(14)4-8/h3-4,16H,5H2,1-2H3. The summed E-state index contributed by atoms with van der Waals surface area (Å²) in [6, 6.07) is 3.04. The molecule has 6 heteroatoms. The molecule has 0 aliphatic rings. The van der Waals surface area contributed by atoms with Gasteiger partial charge < -0.3 is 5.32 Å². The van der Waals surface area contributed by atoms with E-state index in [4.69, 9.17) is 23.2 Å². The summed E-state index contributed by atoms with van der Waals surface area (Å²) in [5.74, 6) is -0.589. The van der Waals surface area contributed by atoms with Crippen LogP contribution < -0.4 is 5.32 Å². The van der Waals surface area contributed by atoms with E-state index in [9.17, 15) is 4.39 Å². The molecule has 0 saturated heterocycles. The van der Waals surface area contributed by atoms with Crippen LogP contribution in [0.2, 0.25) is 10.0 Å². The maximum atomic E-state index is 13.2. The fourth-order valence-corrected chi connectivity index (χ4v) is 2.94. The van der Waals surface area contributed by atoms with Crippen LogP contribution in [-0.4, -0.2) is 4.98 Å². The van der Waals surface area contributed by atoms with Crippen LogP contribution in [0.15, 0.2) is 12.1 Å². The van der Waals surface area contributed by atoms with Crippen molar-refractivity contribution in [2.24, 2.45) is 0 Å². The SMILES string of the molecule is Cc1nc(C)c(CNc2cc(Cl)c(F)c(Cl)c2)s1. The summed E-state index contributed by atoms with van der Waals surface area (Å²) >= 11 is 13.1. The van der Waals surface area contributed by atoms with E-state index >= 15 is 0 Å². The first-order valence-corrected chi connectivity index (χ1v) is 6.86. The average molecular weight is 305 g/mol. The molecule has 2 aromatic rings. The van der Waals surface area contributed by atoms with Gasteiger partial charge in [-0.25, -0.2) is 9.37 Å². The number of anilines is 1. The smallest absolute Gasteiger partial charge is 0.160 e. The van der Waals surface area contributed by atoms with Crippen LogP contribution in [0.5, 0.6) is 0 Å². The van der Waals surface area contributed by atoms with Crippen molar-refractivity contribution in [3.05, 3.63) is 43.6 Å². The van der Waals surface area contributed by atoms with Gasteiger partial charge >= 0.3 is 0 Å². The Morgan fingerprint density at radius 2 is 1.89 bits per heavy atom. The van der Waals surface area contributed by atoms with E-state index in [1.54, 1.807) is 11.3 Å². The van der Waals surface area contributed by atoms with Crippen molar-refractivity contribution in [1.29, 1.82) is 0 Å². The Morgan fingerprint density at radius 1 is 1.28 bits per heavy atom. The quantitative estimate of drug-likeness (QED) is 0.823. The van der Waals surface area contributed by atoms with Gasteiger partial charge in [-0.05, 0) is 26.0 Å². The van der Waals surface area contributed by atoms with E-state index < -0.39 is 5.82 Å². The second kappa shape index (κ2) is 5.43. The van der Waals surface area contributed by atoms with Gasteiger partial charge in [-0.3, -0.25) is 0 Å². The number of benzene rings is 1. The Morgan fingerprint density at radius 3 is 2.39 bits per heavy atom. The molecule has 96 valence electrons.